The van der Waals surface area contributed by atoms with Gasteiger partial charge in [-0.2, -0.15) is 8.42 Å². The molecule has 7 heteroatoms. The SMILES string of the molecule is O=S(=O)(O)c1ccc(O)cc1O.[NaH]. The number of benzene rings is 1. The topological polar surface area (TPSA) is 94.8 Å². The van der Waals surface area contributed by atoms with E-state index in [1.807, 2.05) is 0 Å². The third-order valence-electron chi connectivity index (χ3n) is 1.22. The summed E-state index contributed by atoms with van der Waals surface area (Å²) in [6, 6.07) is 2.77. The van der Waals surface area contributed by atoms with Crippen molar-refractivity contribution >= 4 is 39.7 Å². The molecule has 0 amide bonds. The van der Waals surface area contributed by atoms with Crippen molar-refractivity contribution in [2.24, 2.45) is 0 Å². The van der Waals surface area contributed by atoms with Crippen molar-refractivity contribution in [2.45, 2.75) is 4.90 Å². The molecular formula is C6H7NaO5S. The zero-order valence-corrected chi connectivity index (χ0v) is 6.61. The van der Waals surface area contributed by atoms with Gasteiger partial charge in [0.25, 0.3) is 10.1 Å². The van der Waals surface area contributed by atoms with Gasteiger partial charge in [-0.1, -0.05) is 0 Å². The Morgan fingerprint density at radius 2 is 1.69 bits per heavy atom. The molecule has 0 aliphatic rings. The Morgan fingerprint density at radius 3 is 2.08 bits per heavy atom. The summed E-state index contributed by atoms with van der Waals surface area (Å²) in [4.78, 5) is -0.625. The summed E-state index contributed by atoms with van der Waals surface area (Å²) in [5.74, 6) is -0.961. The molecule has 3 N–H and O–H groups in total. The van der Waals surface area contributed by atoms with E-state index in [1.54, 1.807) is 0 Å². The normalized spacial score (nSPS) is 10.5. The van der Waals surface area contributed by atoms with Crippen LogP contribution in [0.15, 0.2) is 23.1 Å². The van der Waals surface area contributed by atoms with Gasteiger partial charge >= 0.3 is 29.6 Å². The zero-order chi connectivity index (χ0) is 9.35. The third-order valence-corrected chi connectivity index (χ3v) is 2.12. The minimum atomic E-state index is -4.41. The fraction of sp³-hybridized carbons (Fsp3) is 0. The van der Waals surface area contributed by atoms with Gasteiger partial charge in [0, 0.05) is 6.07 Å². The van der Waals surface area contributed by atoms with Gasteiger partial charge in [-0.25, -0.2) is 0 Å². The molecule has 0 saturated carbocycles. The van der Waals surface area contributed by atoms with Crippen molar-refractivity contribution in [2.75, 3.05) is 0 Å². The molecule has 0 atom stereocenters. The maximum absolute atomic E-state index is 10.5. The number of phenolic OH excluding ortho intramolecular Hbond substituents is 2. The molecule has 0 aliphatic carbocycles. The molecule has 0 bridgehead atoms. The number of aromatic hydroxyl groups is 2. The predicted molar refractivity (Wildman–Crippen MR) is 46.7 cm³/mol. The van der Waals surface area contributed by atoms with Crippen LogP contribution >= 0.6 is 0 Å². The first-order valence-corrected chi connectivity index (χ1v) is 4.35. The second kappa shape index (κ2) is 4.30. The summed E-state index contributed by atoms with van der Waals surface area (Å²) >= 11 is 0. The fourth-order valence-corrected chi connectivity index (χ4v) is 1.29. The molecule has 1 aromatic carbocycles. The molecule has 5 nitrogen and oxygen atoms in total. The van der Waals surface area contributed by atoms with Gasteiger partial charge in [0.15, 0.2) is 0 Å². The summed E-state index contributed by atoms with van der Waals surface area (Å²) < 4.78 is 29.4. The van der Waals surface area contributed by atoms with Crippen molar-refractivity contribution in [3.8, 4) is 11.5 Å². The van der Waals surface area contributed by atoms with Crippen LogP contribution in [0.3, 0.4) is 0 Å². The average molecular weight is 214 g/mol. The molecule has 13 heavy (non-hydrogen) atoms. The van der Waals surface area contributed by atoms with E-state index in [2.05, 4.69) is 0 Å². The van der Waals surface area contributed by atoms with E-state index >= 15 is 0 Å². The van der Waals surface area contributed by atoms with E-state index in [9.17, 15) is 8.42 Å². The first kappa shape index (κ1) is 12.7. The summed E-state index contributed by atoms with van der Waals surface area (Å²) in [7, 11) is -4.41. The Bertz CT molecular complexity index is 399. The summed E-state index contributed by atoms with van der Waals surface area (Å²) in [5.41, 5.74) is 0. The molecular weight excluding hydrogens is 207 g/mol. The standard InChI is InChI=1S/C6H6O5S.Na.H/c7-4-1-2-6(5(8)3-4)12(9,10)11;;/h1-3,7-8H,(H,9,10,11);;. The van der Waals surface area contributed by atoms with E-state index in [0.717, 1.165) is 18.2 Å². The van der Waals surface area contributed by atoms with Gasteiger partial charge in [-0.3, -0.25) is 4.55 Å². The molecule has 0 fully saturated rings. The zero-order valence-electron chi connectivity index (χ0n) is 5.80. The van der Waals surface area contributed by atoms with Gasteiger partial charge in [0.05, 0.1) is 0 Å². The van der Waals surface area contributed by atoms with Crippen LogP contribution in [0, 0.1) is 0 Å². The van der Waals surface area contributed by atoms with E-state index in [0.29, 0.717) is 0 Å². The van der Waals surface area contributed by atoms with E-state index < -0.39 is 20.8 Å². The van der Waals surface area contributed by atoms with Gasteiger partial charge in [0.2, 0.25) is 0 Å². The van der Waals surface area contributed by atoms with Crippen LogP contribution < -0.4 is 0 Å². The molecule has 0 heterocycles. The van der Waals surface area contributed by atoms with Crippen molar-refractivity contribution in [1.29, 1.82) is 0 Å². The van der Waals surface area contributed by atoms with Crippen LogP contribution in [-0.4, -0.2) is 52.7 Å². The summed E-state index contributed by atoms with van der Waals surface area (Å²) in [5, 5.41) is 17.7. The van der Waals surface area contributed by atoms with Crippen molar-refractivity contribution in [3.05, 3.63) is 18.2 Å². The minimum absolute atomic E-state index is 0. The van der Waals surface area contributed by atoms with E-state index in [1.165, 1.54) is 0 Å². The van der Waals surface area contributed by atoms with Crippen LogP contribution in [0.1, 0.15) is 0 Å². The summed E-state index contributed by atoms with van der Waals surface area (Å²) in [6.07, 6.45) is 0. The Balaban J connectivity index is 0.00000144. The van der Waals surface area contributed by atoms with Crippen LogP contribution in [0.4, 0.5) is 0 Å². The van der Waals surface area contributed by atoms with E-state index in [4.69, 9.17) is 14.8 Å². The van der Waals surface area contributed by atoms with Crippen LogP contribution in [-0.2, 0) is 10.1 Å². The van der Waals surface area contributed by atoms with Crippen LogP contribution in [0.25, 0.3) is 0 Å². The molecule has 0 aromatic heterocycles. The molecule has 0 radical (unpaired) electrons. The molecule has 1 aromatic rings. The number of phenols is 2. The first-order chi connectivity index (χ1) is 5.41. The molecule has 1 rings (SSSR count). The molecule has 0 saturated heterocycles. The Hall–Kier alpha value is -0.270. The molecule has 0 unspecified atom stereocenters. The quantitative estimate of drug-likeness (QED) is 0.440. The van der Waals surface area contributed by atoms with Gasteiger partial charge in [0.1, 0.15) is 16.4 Å². The number of rotatable bonds is 1. The molecule has 68 valence electrons. The maximum atomic E-state index is 10.5. The summed E-state index contributed by atoms with van der Waals surface area (Å²) in [6.45, 7) is 0. The second-order valence-corrected chi connectivity index (χ2v) is 3.52. The van der Waals surface area contributed by atoms with Crippen molar-refractivity contribution in [3.63, 3.8) is 0 Å². The Labute approximate surface area is 97.1 Å². The first-order valence-electron chi connectivity index (χ1n) is 2.91. The van der Waals surface area contributed by atoms with Gasteiger partial charge in [-0.15, -0.1) is 0 Å². The Kier molecular flexibility index (Phi) is 4.21. The second-order valence-electron chi connectivity index (χ2n) is 2.13. The van der Waals surface area contributed by atoms with Gasteiger partial charge in [-0.05, 0) is 12.1 Å². The van der Waals surface area contributed by atoms with Crippen molar-refractivity contribution in [1.82, 2.24) is 0 Å². The van der Waals surface area contributed by atoms with Crippen molar-refractivity contribution < 1.29 is 23.2 Å². The Morgan fingerprint density at radius 1 is 1.15 bits per heavy atom. The number of hydrogen-bond donors (Lipinski definition) is 3. The third kappa shape index (κ3) is 3.17. The molecule has 0 spiro atoms. The average Bonchev–Trinajstić information content (AvgIpc) is 1.83. The number of hydrogen-bond acceptors (Lipinski definition) is 4. The monoisotopic (exact) mass is 214 g/mol. The van der Waals surface area contributed by atoms with Gasteiger partial charge < -0.3 is 10.2 Å². The fourth-order valence-electron chi connectivity index (χ4n) is 0.724. The van der Waals surface area contributed by atoms with Crippen LogP contribution in [0.2, 0.25) is 0 Å². The van der Waals surface area contributed by atoms with Crippen LogP contribution in [0.5, 0.6) is 11.5 Å². The predicted octanol–water partition coefficient (Wildman–Crippen LogP) is -0.304. The van der Waals surface area contributed by atoms with E-state index in [-0.39, 0.29) is 35.3 Å². The molecule has 0 aliphatic heterocycles.